The third kappa shape index (κ3) is 6.42. The fourth-order valence-corrected chi connectivity index (χ4v) is 2.12. The van der Waals surface area contributed by atoms with Crippen molar-refractivity contribution in [3.63, 3.8) is 0 Å². The Bertz CT molecular complexity index is 301. The predicted octanol–water partition coefficient (Wildman–Crippen LogP) is 1.04. The number of aliphatic hydroxyl groups excluding tert-OH is 1. The molecule has 6 heteroatoms. The molecule has 1 heterocycles. The van der Waals surface area contributed by atoms with Gasteiger partial charge in [-0.1, -0.05) is 6.92 Å². The minimum Gasteiger partial charge on any atom is -0.481 e. The molecule has 1 aliphatic rings. The zero-order valence-electron chi connectivity index (χ0n) is 11.5. The van der Waals surface area contributed by atoms with Gasteiger partial charge in [0.1, 0.15) is 0 Å². The summed E-state index contributed by atoms with van der Waals surface area (Å²) in [5.74, 6) is -0.484. The van der Waals surface area contributed by atoms with Gasteiger partial charge in [-0.2, -0.15) is 0 Å². The van der Waals surface area contributed by atoms with Gasteiger partial charge >= 0.3 is 12.0 Å². The number of carbonyl (C=O) groups is 2. The van der Waals surface area contributed by atoms with E-state index in [1.807, 2.05) is 6.92 Å². The van der Waals surface area contributed by atoms with E-state index in [1.54, 1.807) is 4.90 Å². The molecule has 0 aliphatic carbocycles. The summed E-state index contributed by atoms with van der Waals surface area (Å²) < 4.78 is 0. The van der Waals surface area contributed by atoms with Gasteiger partial charge in [-0.25, -0.2) is 4.79 Å². The Labute approximate surface area is 113 Å². The second-order valence-corrected chi connectivity index (χ2v) is 5.28. The van der Waals surface area contributed by atoms with Crippen molar-refractivity contribution in [1.29, 1.82) is 0 Å². The van der Waals surface area contributed by atoms with Gasteiger partial charge in [0, 0.05) is 26.1 Å². The summed E-state index contributed by atoms with van der Waals surface area (Å²) in [5.41, 5.74) is 0. The highest BCUT2D eigenvalue weighted by Gasteiger charge is 2.20. The molecule has 1 saturated heterocycles. The number of likely N-dealkylation sites (tertiary alicyclic amines) is 1. The molecule has 1 atom stereocenters. The van der Waals surface area contributed by atoms with Gasteiger partial charge in [-0.15, -0.1) is 0 Å². The van der Waals surface area contributed by atoms with E-state index < -0.39 is 5.97 Å². The molecule has 1 aliphatic heterocycles. The van der Waals surface area contributed by atoms with Crippen LogP contribution in [0.1, 0.15) is 39.0 Å². The largest absolute Gasteiger partial charge is 0.481 e. The minimum absolute atomic E-state index is 0.0858. The van der Waals surface area contributed by atoms with Crippen LogP contribution in [0.3, 0.4) is 0 Å². The lowest BCUT2D eigenvalue weighted by atomic mass is 10.0. The van der Waals surface area contributed by atoms with E-state index in [9.17, 15) is 14.7 Å². The van der Waals surface area contributed by atoms with Crippen molar-refractivity contribution in [2.45, 2.75) is 45.1 Å². The van der Waals surface area contributed by atoms with Crippen molar-refractivity contribution < 1.29 is 19.8 Å². The average Bonchev–Trinajstić information content (AvgIpc) is 2.37. The van der Waals surface area contributed by atoms with Crippen LogP contribution in [-0.4, -0.2) is 52.9 Å². The lowest BCUT2D eigenvalue weighted by molar-refractivity contribution is -0.137. The summed E-state index contributed by atoms with van der Waals surface area (Å²) in [6, 6.07) is -0.0858. The van der Waals surface area contributed by atoms with E-state index in [-0.39, 0.29) is 18.6 Å². The van der Waals surface area contributed by atoms with E-state index >= 15 is 0 Å². The van der Waals surface area contributed by atoms with Crippen molar-refractivity contribution >= 4 is 12.0 Å². The number of amides is 2. The van der Waals surface area contributed by atoms with Gasteiger partial charge in [0.05, 0.1) is 6.10 Å². The third-order valence-electron chi connectivity index (χ3n) is 3.52. The first-order chi connectivity index (χ1) is 8.99. The molecule has 1 rings (SSSR count). The maximum Gasteiger partial charge on any atom is 0.317 e. The van der Waals surface area contributed by atoms with Crippen LogP contribution in [0.2, 0.25) is 0 Å². The van der Waals surface area contributed by atoms with Crippen molar-refractivity contribution in [3.8, 4) is 0 Å². The highest BCUT2D eigenvalue weighted by Crippen LogP contribution is 2.11. The highest BCUT2D eigenvalue weighted by molar-refractivity contribution is 5.74. The number of rotatable bonds is 6. The first-order valence-corrected chi connectivity index (χ1v) is 6.91. The van der Waals surface area contributed by atoms with E-state index in [0.717, 1.165) is 6.42 Å². The van der Waals surface area contributed by atoms with Crippen LogP contribution < -0.4 is 5.32 Å². The summed E-state index contributed by atoms with van der Waals surface area (Å²) in [6.07, 6.45) is 2.61. The highest BCUT2D eigenvalue weighted by atomic mass is 16.4. The van der Waals surface area contributed by atoms with Gasteiger partial charge in [-0.3, -0.25) is 4.79 Å². The first kappa shape index (κ1) is 15.8. The van der Waals surface area contributed by atoms with E-state index in [0.29, 0.717) is 44.8 Å². The molecule has 110 valence electrons. The van der Waals surface area contributed by atoms with Crippen LogP contribution in [0, 0.1) is 5.92 Å². The lowest BCUT2D eigenvalue weighted by Crippen LogP contribution is -2.45. The number of carbonyl (C=O) groups excluding carboxylic acids is 1. The van der Waals surface area contributed by atoms with Gasteiger partial charge < -0.3 is 20.4 Å². The molecule has 0 radical (unpaired) electrons. The molecule has 0 saturated carbocycles. The Morgan fingerprint density at radius 2 is 1.95 bits per heavy atom. The quantitative estimate of drug-likeness (QED) is 0.674. The van der Waals surface area contributed by atoms with Crippen molar-refractivity contribution in [2.24, 2.45) is 5.92 Å². The molecule has 0 aromatic carbocycles. The molecule has 19 heavy (non-hydrogen) atoms. The Morgan fingerprint density at radius 3 is 2.53 bits per heavy atom. The maximum absolute atomic E-state index is 11.8. The molecule has 1 fully saturated rings. The molecule has 0 spiro atoms. The number of piperidine rings is 1. The standard InChI is InChI=1S/C13H24N2O4/c1-10(2-3-12(17)18)4-7-14-13(19)15-8-5-11(16)6-9-15/h10-11,16H,2-9H2,1H3,(H,14,19)(H,17,18). The van der Waals surface area contributed by atoms with Gasteiger partial charge in [-0.05, 0) is 31.6 Å². The predicted molar refractivity (Wildman–Crippen MR) is 70.9 cm³/mol. The lowest BCUT2D eigenvalue weighted by Gasteiger charge is -2.29. The normalized spacial score (nSPS) is 18.1. The van der Waals surface area contributed by atoms with E-state index in [2.05, 4.69) is 5.32 Å². The SMILES string of the molecule is CC(CCNC(=O)N1CCC(O)CC1)CCC(=O)O. The monoisotopic (exact) mass is 272 g/mol. The van der Waals surface area contributed by atoms with Gasteiger partial charge in [0.2, 0.25) is 0 Å². The second kappa shape index (κ2) is 7.99. The van der Waals surface area contributed by atoms with Crippen LogP contribution in [0.25, 0.3) is 0 Å². The Kier molecular flexibility index (Phi) is 6.62. The number of aliphatic carboxylic acids is 1. The van der Waals surface area contributed by atoms with Crippen LogP contribution >= 0.6 is 0 Å². The number of nitrogens with zero attached hydrogens (tertiary/aromatic N) is 1. The number of carboxylic acid groups (broad SMARTS) is 1. The molecule has 6 nitrogen and oxygen atoms in total. The minimum atomic E-state index is -0.775. The number of urea groups is 1. The molecular formula is C13H24N2O4. The maximum atomic E-state index is 11.8. The summed E-state index contributed by atoms with van der Waals surface area (Å²) in [7, 11) is 0. The number of hydrogen-bond donors (Lipinski definition) is 3. The number of nitrogens with one attached hydrogen (secondary N) is 1. The molecule has 0 aromatic rings. The molecule has 0 aromatic heterocycles. The fraction of sp³-hybridized carbons (Fsp3) is 0.846. The Morgan fingerprint density at radius 1 is 1.32 bits per heavy atom. The molecular weight excluding hydrogens is 248 g/mol. The van der Waals surface area contributed by atoms with Gasteiger partial charge in [0.15, 0.2) is 0 Å². The van der Waals surface area contributed by atoms with Crippen molar-refractivity contribution in [2.75, 3.05) is 19.6 Å². The number of carboxylic acids is 1. The molecule has 3 N–H and O–H groups in total. The zero-order chi connectivity index (χ0) is 14.3. The van der Waals surface area contributed by atoms with Crippen molar-refractivity contribution in [1.82, 2.24) is 10.2 Å². The smallest absolute Gasteiger partial charge is 0.317 e. The van der Waals surface area contributed by atoms with Crippen molar-refractivity contribution in [3.05, 3.63) is 0 Å². The topological polar surface area (TPSA) is 89.9 Å². The first-order valence-electron chi connectivity index (χ1n) is 6.91. The molecule has 2 amide bonds. The second-order valence-electron chi connectivity index (χ2n) is 5.28. The fourth-order valence-electron chi connectivity index (χ4n) is 2.12. The number of hydrogen-bond acceptors (Lipinski definition) is 3. The van der Waals surface area contributed by atoms with Crippen LogP contribution in [-0.2, 0) is 4.79 Å². The Hall–Kier alpha value is -1.30. The Balaban J connectivity index is 2.11. The zero-order valence-corrected chi connectivity index (χ0v) is 11.5. The van der Waals surface area contributed by atoms with E-state index in [4.69, 9.17) is 5.11 Å². The average molecular weight is 272 g/mol. The van der Waals surface area contributed by atoms with Crippen LogP contribution in [0.5, 0.6) is 0 Å². The van der Waals surface area contributed by atoms with Crippen LogP contribution in [0.4, 0.5) is 4.79 Å². The summed E-state index contributed by atoms with van der Waals surface area (Å²) in [5, 5.41) is 20.8. The number of aliphatic hydroxyl groups is 1. The third-order valence-corrected chi connectivity index (χ3v) is 3.52. The summed E-state index contributed by atoms with van der Waals surface area (Å²) in [6.45, 7) is 3.76. The van der Waals surface area contributed by atoms with Gasteiger partial charge in [0.25, 0.3) is 0 Å². The molecule has 1 unspecified atom stereocenters. The summed E-state index contributed by atoms with van der Waals surface area (Å²) in [4.78, 5) is 23.9. The summed E-state index contributed by atoms with van der Waals surface area (Å²) >= 11 is 0. The molecule has 0 bridgehead atoms. The van der Waals surface area contributed by atoms with E-state index in [1.165, 1.54) is 0 Å². The van der Waals surface area contributed by atoms with Crippen LogP contribution in [0.15, 0.2) is 0 Å².